The van der Waals surface area contributed by atoms with Crippen LogP contribution in [0.3, 0.4) is 0 Å². The summed E-state index contributed by atoms with van der Waals surface area (Å²) in [6, 6.07) is 2.10. The van der Waals surface area contributed by atoms with E-state index in [4.69, 9.17) is 0 Å². The Morgan fingerprint density at radius 2 is 2.14 bits per heavy atom. The standard InChI is InChI=1S/C15H24N6S/c1-11-8-12(2)21(20-11)7-5-6-17-15(16-4)19-10-14-18-9-13(3)22-14/h8-9H,5-7,10H2,1-4H3,(H2,16,17,19). The van der Waals surface area contributed by atoms with Gasteiger partial charge >= 0.3 is 0 Å². The molecule has 0 amide bonds. The molecule has 0 aliphatic heterocycles. The van der Waals surface area contributed by atoms with Crippen molar-refractivity contribution in [3.63, 3.8) is 0 Å². The summed E-state index contributed by atoms with van der Waals surface area (Å²) in [5.74, 6) is 0.807. The van der Waals surface area contributed by atoms with Crippen molar-refractivity contribution < 1.29 is 0 Å². The van der Waals surface area contributed by atoms with Crippen molar-refractivity contribution >= 4 is 17.3 Å². The molecule has 0 spiro atoms. The zero-order chi connectivity index (χ0) is 15.9. The summed E-state index contributed by atoms with van der Waals surface area (Å²) < 4.78 is 2.05. The average Bonchev–Trinajstić information content (AvgIpc) is 3.03. The van der Waals surface area contributed by atoms with Gasteiger partial charge in [0.05, 0.1) is 12.2 Å². The second-order valence-corrected chi connectivity index (χ2v) is 6.54. The van der Waals surface area contributed by atoms with Gasteiger partial charge in [-0.2, -0.15) is 5.10 Å². The fourth-order valence-electron chi connectivity index (χ4n) is 2.20. The first-order valence-corrected chi connectivity index (χ1v) is 8.27. The van der Waals surface area contributed by atoms with Gasteiger partial charge in [-0.05, 0) is 33.3 Å². The topological polar surface area (TPSA) is 67.1 Å². The van der Waals surface area contributed by atoms with Crippen LogP contribution < -0.4 is 10.6 Å². The number of thiazole rings is 1. The van der Waals surface area contributed by atoms with Crippen LogP contribution in [0.2, 0.25) is 0 Å². The molecule has 22 heavy (non-hydrogen) atoms. The van der Waals surface area contributed by atoms with Gasteiger partial charge in [0.2, 0.25) is 0 Å². The normalized spacial score (nSPS) is 11.7. The molecule has 2 rings (SSSR count). The van der Waals surface area contributed by atoms with Gasteiger partial charge in [-0.3, -0.25) is 9.67 Å². The average molecular weight is 320 g/mol. The Hall–Kier alpha value is -1.89. The molecule has 0 unspecified atom stereocenters. The maximum absolute atomic E-state index is 4.46. The molecule has 0 radical (unpaired) electrons. The molecule has 2 N–H and O–H groups in total. The highest BCUT2D eigenvalue weighted by molar-refractivity contribution is 7.11. The molecule has 0 fully saturated rings. The predicted molar refractivity (Wildman–Crippen MR) is 91.4 cm³/mol. The van der Waals surface area contributed by atoms with Gasteiger partial charge in [-0.25, -0.2) is 4.98 Å². The van der Waals surface area contributed by atoms with Crippen LogP contribution in [0.4, 0.5) is 0 Å². The zero-order valence-corrected chi connectivity index (χ0v) is 14.5. The maximum atomic E-state index is 4.46. The van der Waals surface area contributed by atoms with E-state index < -0.39 is 0 Å². The lowest BCUT2D eigenvalue weighted by Gasteiger charge is -2.11. The smallest absolute Gasteiger partial charge is 0.191 e. The first kappa shape index (κ1) is 16.5. The zero-order valence-electron chi connectivity index (χ0n) is 13.7. The molecule has 7 heteroatoms. The highest BCUT2D eigenvalue weighted by Crippen LogP contribution is 2.10. The first-order chi connectivity index (χ1) is 10.6. The summed E-state index contributed by atoms with van der Waals surface area (Å²) in [6.07, 6.45) is 2.89. The SMILES string of the molecule is CN=C(NCCCn1nc(C)cc1C)NCc1ncc(C)s1. The van der Waals surface area contributed by atoms with E-state index in [0.29, 0.717) is 6.54 Å². The lowest BCUT2D eigenvalue weighted by atomic mass is 10.4. The minimum absolute atomic E-state index is 0.704. The molecule has 0 bridgehead atoms. The molecule has 0 saturated carbocycles. The largest absolute Gasteiger partial charge is 0.356 e. The Morgan fingerprint density at radius 3 is 2.73 bits per heavy atom. The lowest BCUT2D eigenvalue weighted by Crippen LogP contribution is -2.37. The van der Waals surface area contributed by atoms with Crippen molar-refractivity contribution in [2.45, 2.75) is 40.3 Å². The van der Waals surface area contributed by atoms with E-state index in [1.54, 1.807) is 18.4 Å². The maximum Gasteiger partial charge on any atom is 0.191 e. The number of rotatable bonds is 6. The Kier molecular flexibility index (Phi) is 5.94. The fourth-order valence-corrected chi connectivity index (χ4v) is 2.93. The third-order valence-electron chi connectivity index (χ3n) is 3.24. The molecule has 6 nitrogen and oxygen atoms in total. The number of hydrogen-bond donors (Lipinski definition) is 2. The molecule has 2 aromatic heterocycles. The summed E-state index contributed by atoms with van der Waals surface area (Å²) in [5.41, 5.74) is 2.28. The van der Waals surface area contributed by atoms with Gasteiger partial charge in [0.15, 0.2) is 5.96 Å². The van der Waals surface area contributed by atoms with Crippen LogP contribution in [0.25, 0.3) is 0 Å². The van der Waals surface area contributed by atoms with E-state index in [1.165, 1.54) is 10.6 Å². The molecule has 2 heterocycles. The number of aryl methyl sites for hydroxylation is 4. The number of guanidine groups is 1. The van der Waals surface area contributed by atoms with Crippen molar-refractivity contribution in [2.24, 2.45) is 4.99 Å². The third kappa shape index (κ3) is 4.84. The highest BCUT2D eigenvalue weighted by Gasteiger charge is 2.03. The molecule has 0 atom stereocenters. The summed E-state index contributed by atoms with van der Waals surface area (Å²) in [7, 11) is 1.78. The number of aromatic nitrogens is 3. The quantitative estimate of drug-likeness (QED) is 0.485. The van der Waals surface area contributed by atoms with E-state index in [9.17, 15) is 0 Å². The second kappa shape index (κ2) is 7.93. The second-order valence-electron chi connectivity index (χ2n) is 5.22. The summed E-state index contributed by atoms with van der Waals surface area (Å²) in [4.78, 5) is 9.78. The van der Waals surface area contributed by atoms with Gasteiger partial charge in [-0.1, -0.05) is 0 Å². The number of nitrogens with one attached hydrogen (secondary N) is 2. The molecule has 0 aliphatic rings. The van der Waals surface area contributed by atoms with Crippen LogP contribution in [-0.4, -0.2) is 34.3 Å². The first-order valence-electron chi connectivity index (χ1n) is 7.45. The Labute approximate surface area is 135 Å². The van der Waals surface area contributed by atoms with E-state index >= 15 is 0 Å². The third-order valence-corrected chi connectivity index (χ3v) is 4.16. The van der Waals surface area contributed by atoms with Gasteiger partial charge in [0.1, 0.15) is 5.01 Å². The van der Waals surface area contributed by atoms with E-state index in [0.717, 1.165) is 36.2 Å². The molecule has 0 aromatic carbocycles. The summed E-state index contributed by atoms with van der Waals surface area (Å²) >= 11 is 1.70. The molecule has 2 aromatic rings. The number of aliphatic imine (C=N–C) groups is 1. The molecular formula is C15H24N6S. The van der Waals surface area contributed by atoms with Crippen molar-refractivity contribution in [1.82, 2.24) is 25.4 Å². The summed E-state index contributed by atoms with van der Waals surface area (Å²) in [6.45, 7) is 8.64. The number of hydrogen-bond acceptors (Lipinski definition) is 4. The lowest BCUT2D eigenvalue weighted by molar-refractivity contribution is 0.555. The minimum Gasteiger partial charge on any atom is -0.356 e. The van der Waals surface area contributed by atoms with Crippen molar-refractivity contribution in [3.05, 3.63) is 33.5 Å². The summed E-state index contributed by atoms with van der Waals surface area (Å²) in [5, 5.41) is 12.1. The van der Waals surface area contributed by atoms with E-state index in [1.807, 2.05) is 17.8 Å². The van der Waals surface area contributed by atoms with Crippen molar-refractivity contribution in [2.75, 3.05) is 13.6 Å². The van der Waals surface area contributed by atoms with Gasteiger partial charge in [0.25, 0.3) is 0 Å². The van der Waals surface area contributed by atoms with Crippen LogP contribution >= 0.6 is 11.3 Å². The van der Waals surface area contributed by atoms with Crippen LogP contribution in [0.1, 0.15) is 27.7 Å². The van der Waals surface area contributed by atoms with Crippen LogP contribution in [-0.2, 0) is 13.1 Å². The Morgan fingerprint density at radius 1 is 1.32 bits per heavy atom. The predicted octanol–water partition coefficient (Wildman–Crippen LogP) is 2.02. The minimum atomic E-state index is 0.704. The molecule has 0 saturated heterocycles. The fraction of sp³-hybridized carbons (Fsp3) is 0.533. The van der Waals surface area contributed by atoms with Gasteiger partial charge in [-0.15, -0.1) is 11.3 Å². The highest BCUT2D eigenvalue weighted by atomic mass is 32.1. The van der Waals surface area contributed by atoms with Gasteiger partial charge < -0.3 is 10.6 Å². The van der Waals surface area contributed by atoms with Crippen molar-refractivity contribution in [1.29, 1.82) is 0 Å². The molecule has 0 aliphatic carbocycles. The van der Waals surface area contributed by atoms with Crippen LogP contribution in [0, 0.1) is 20.8 Å². The van der Waals surface area contributed by atoms with Crippen molar-refractivity contribution in [3.8, 4) is 0 Å². The van der Waals surface area contributed by atoms with Crippen LogP contribution in [0.5, 0.6) is 0 Å². The molecular weight excluding hydrogens is 296 g/mol. The molecule has 120 valence electrons. The van der Waals surface area contributed by atoms with E-state index in [2.05, 4.69) is 45.6 Å². The van der Waals surface area contributed by atoms with Gasteiger partial charge in [0, 0.05) is 36.9 Å². The number of nitrogens with zero attached hydrogens (tertiary/aromatic N) is 4. The Balaban J connectivity index is 1.69. The monoisotopic (exact) mass is 320 g/mol. The van der Waals surface area contributed by atoms with Crippen LogP contribution in [0.15, 0.2) is 17.3 Å². The Bertz CT molecular complexity index is 628. The van der Waals surface area contributed by atoms with E-state index in [-0.39, 0.29) is 0 Å².